The van der Waals surface area contributed by atoms with Gasteiger partial charge >= 0.3 is 0 Å². The zero-order valence-electron chi connectivity index (χ0n) is 12.4. The van der Waals surface area contributed by atoms with Gasteiger partial charge in [-0.1, -0.05) is 11.3 Å². The number of benzene rings is 1. The van der Waals surface area contributed by atoms with Gasteiger partial charge in [-0.15, -0.1) is 0 Å². The predicted octanol–water partition coefficient (Wildman–Crippen LogP) is 2.52. The smallest absolute Gasteiger partial charge is 0.254 e. The maximum atomic E-state index is 12.7. The zero-order valence-corrected chi connectivity index (χ0v) is 13.2. The molecule has 0 radical (unpaired) electrons. The van der Waals surface area contributed by atoms with E-state index in [2.05, 4.69) is 4.98 Å². The van der Waals surface area contributed by atoms with Crippen LogP contribution in [0.3, 0.4) is 0 Å². The molecule has 1 saturated heterocycles. The highest BCUT2D eigenvalue weighted by atomic mass is 32.1. The van der Waals surface area contributed by atoms with Crippen molar-refractivity contribution in [1.82, 2.24) is 9.88 Å². The van der Waals surface area contributed by atoms with Crippen LogP contribution in [-0.2, 0) is 4.74 Å². The number of rotatable bonds is 1. The normalized spacial score (nSPS) is 21.7. The van der Waals surface area contributed by atoms with Crippen molar-refractivity contribution in [2.75, 3.05) is 18.8 Å². The predicted molar refractivity (Wildman–Crippen MR) is 84.6 cm³/mol. The van der Waals surface area contributed by atoms with Gasteiger partial charge in [0, 0.05) is 18.7 Å². The third-order valence-corrected chi connectivity index (χ3v) is 4.36. The first kappa shape index (κ1) is 14.3. The van der Waals surface area contributed by atoms with Crippen molar-refractivity contribution < 1.29 is 9.53 Å². The fourth-order valence-electron chi connectivity index (χ4n) is 2.87. The number of morpholine rings is 1. The Bertz CT molecular complexity index is 695. The molecule has 6 heteroatoms. The van der Waals surface area contributed by atoms with Crippen LogP contribution in [0.1, 0.15) is 31.1 Å². The van der Waals surface area contributed by atoms with Gasteiger partial charge in [-0.05, 0) is 39.0 Å². The summed E-state index contributed by atoms with van der Waals surface area (Å²) < 4.78 is 6.79. The summed E-state index contributed by atoms with van der Waals surface area (Å²) in [6, 6.07) is 5.54. The number of carbonyl (C=O) groups is 1. The Kier molecular flexibility index (Phi) is 3.37. The number of nitrogens with zero attached hydrogens (tertiary/aromatic N) is 2. The van der Waals surface area contributed by atoms with Crippen LogP contribution in [0.2, 0.25) is 0 Å². The molecule has 1 aromatic heterocycles. The maximum absolute atomic E-state index is 12.7. The Morgan fingerprint density at radius 3 is 3.00 bits per heavy atom. The van der Waals surface area contributed by atoms with E-state index in [0.29, 0.717) is 23.8 Å². The molecule has 21 heavy (non-hydrogen) atoms. The van der Waals surface area contributed by atoms with Crippen molar-refractivity contribution in [2.24, 2.45) is 0 Å². The average Bonchev–Trinajstić information content (AvgIpc) is 2.74. The van der Waals surface area contributed by atoms with Crippen molar-refractivity contribution in [2.45, 2.75) is 32.5 Å². The van der Waals surface area contributed by atoms with E-state index in [9.17, 15) is 4.79 Å². The molecule has 0 saturated carbocycles. The molecular formula is C15H19N3O2S. The fraction of sp³-hybridized carbons (Fsp3) is 0.467. The van der Waals surface area contributed by atoms with E-state index < -0.39 is 0 Å². The molecule has 3 rings (SSSR count). The average molecular weight is 305 g/mol. The van der Waals surface area contributed by atoms with Crippen LogP contribution in [0.4, 0.5) is 5.13 Å². The summed E-state index contributed by atoms with van der Waals surface area (Å²) in [6.45, 7) is 7.23. The summed E-state index contributed by atoms with van der Waals surface area (Å²) in [5, 5.41) is 0.524. The molecule has 2 heterocycles. The molecule has 1 amide bonds. The Hall–Kier alpha value is -1.66. The Balaban J connectivity index is 1.89. The number of hydrogen-bond donors (Lipinski definition) is 1. The Labute approximate surface area is 127 Å². The summed E-state index contributed by atoms with van der Waals surface area (Å²) >= 11 is 1.40. The molecule has 112 valence electrons. The number of nitrogen functional groups attached to an aromatic ring is 1. The van der Waals surface area contributed by atoms with E-state index in [1.165, 1.54) is 11.3 Å². The molecular weight excluding hydrogens is 286 g/mol. The van der Waals surface area contributed by atoms with Gasteiger partial charge in [-0.2, -0.15) is 0 Å². The van der Waals surface area contributed by atoms with E-state index in [1.54, 1.807) is 0 Å². The lowest BCUT2D eigenvalue weighted by molar-refractivity contribution is -0.118. The van der Waals surface area contributed by atoms with E-state index in [1.807, 2.05) is 43.9 Å². The third-order valence-electron chi connectivity index (χ3n) is 3.51. The highest BCUT2D eigenvalue weighted by molar-refractivity contribution is 7.22. The van der Waals surface area contributed by atoms with Gasteiger partial charge in [0.2, 0.25) is 0 Å². The monoisotopic (exact) mass is 305 g/mol. The first-order valence-electron chi connectivity index (χ1n) is 6.97. The van der Waals surface area contributed by atoms with Gasteiger partial charge in [0.1, 0.15) is 0 Å². The quantitative estimate of drug-likeness (QED) is 0.879. The highest BCUT2D eigenvalue weighted by Gasteiger charge is 2.34. The summed E-state index contributed by atoms with van der Waals surface area (Å²) in [4.78, 5) is 18.8. The number of anilines is 1. The molecule has 1 atom stereocenters. The number of hydrogen-bond acceptors (Lipinski definition) is 5. The Morgan fingerprint density at radius 2 is 2.29 bits per heavy atom. The van der Waals surface area contributed by atoms with Crippen LogP contribution < -0.4 is 5.73 Å². The maximum Gasteiger partial charge on any atom is 0.254 e. The number of aromatic nitrogens is 1. The lowest BCUT2D eigenvalue weighted by Gasteiger charge is -2.41. The van der Waals surface area contributed by atoms with Crippen LogP contribution in [0, 0.1) is 0 Å². The molecule has 2 N–H and O–H groups in total. The van der Waals surface area contributed by atoms with Crippen LogP contribution >= 0.6 is 11.3 Å². The van der Waals surface area contributed by atoms with Gasteiger partial charge in [-0.25, -0.2) is 4.98 Å². The molecule has 5 nitrogen and oxygen atoms in total. The number of amides is 1. The van der Waals surface area contributed by atoms with Crippen LogP contribution in [0.15, 0.2) is 18.2 Å². The number of ether oxygens (including phenoxy) is 1. The van der Waals surface area contributed by atoms with E-state index in [-0.39, 0.29) is 17.6 Å². The topological polar surface area (TPSA) is 68.5 Å². The lowest BCUT2D eigenvalue weighted by Crippen LogP contribution is -2.53. The first-order valence-corrected chi connectivity index (χ1v) is 7.79. The SMILES string of the molecule is CC1CN(C(=O)c2ccc3nc(N)sc3c2)CC(C)(C)O1. The Morgan fingerprint density at radius 1 is 1.52 bits per heavy atom. The molecule has 1 aliphatic heterocycles. The largest absolute Gasteiger partial charge is 0.375 e. The van der Waals surface area contributed by atoms with Gasteiger partial charge in [0.25, 0.3) is 5.91 Å². The lowest BCUT2D eigenvalue weighted by atomic mass is 10.0. The third kappa shape index (κ3) is 2.87. The zero-order chi connectivity index (χ0) is 15.2. The summed E-state index contributed by atoms with van der Waals surface area (Å²) in [5.74, 6) is 0.0343. The van der Waals surface area contributed by atoms with Gasteiger partial charge in [-0.3, -0.25) is 4.79 Å². The van der Waals surface area contributed by atoms with Crippen LogP contribution in [-0.4, -0.2) is 40.6 Å². The van der Waals surface area contributed by atoms with Crippen molar-refractivity contribution in [3.63, 3.8) is 0 Å². The summed E-state index contributed by atoms with van der Waals surface area (Å²) in [7, 11) is 0. The molecule has 0 bridgehead atoms. The fourth-order valence-corrected chi connectivity index (χ4v) is 3.64. The second kappa shape index (κ2) is 4.96. The van der Waals surface area contributed by atoms with E-state index >= 15 is 0 Å². The second-order valence-electron chi connectivity index (χ2n) is 6.11. The molecule has 1 aliphatic rings. The number of thiazole rings is 1. The molecule has 2 aromatic rings. The second-order valence-corrected chi connectivity index (χ2v) is 7.17. The molecule has 1 fully saturated rings. The number of fused-ring (bicyclic) bond motifs is 1. The molecule has 1 unspecified atom stereocenters. The number of nitrogens with two attached hydrogens (primary N) is 1. The van der Waals surface area contributed by atoms with Crippen molar-refractivity contribution in [3.05, 3.63) is 23.8 Å². The minimum absolute atomic E-state index is 0.0343. The van der Waals surface area contributed by atoms with Crippen LogP contribution in [0.5, 0.6) is 0 Å². The number of carbonyl (C=O) groups excluding carboxylic acids is 1. The van der Waals surface area contributed by atoms with E-state index in [4.69, 9.17) is 10.5 Å². The summed E-state index contributed by atoms with van der Waals surface area (Å²) in [6.07, 6.45) is 0.0421. The van der Waals surface area contributed by atoms with Gasteiger partial charge in [0.15, 0.2) is 5.13 Å². The molecule has 1 aromatic carbocycles. The van der Waals surface area contributed by atoms with Crippen molar-refractivity contribution in [1.29, 1.82) is 0 Å². The van der Waals surface area contributed by atoms with Crippen molar-refractivity contribution >= 4 is 32.6 Å². The first-order chi connectivity index (χ1) is 9.84. The van der Waals surface area contributed by atoms with Crippen LogP contribution in [0.25, 0.3) is 10.2 Å². The standard InChI is InChI=1S/C15H19N3O2S/c1-9-7-18(8-15(2,3)20-9)13(19)10-4-5-11-12(6-10)21-14(16)17-11/h4-6,9H,7-8H2,1-3H3,(H2,16,17). The summed E-state index contributed by atoms with van der Waals surface area (Å²) in [5.41, 5.74) is 6.91. The minimum atomic E-state index is -0.313. The van der Waals surface area contributed by atoms with E-state index in [0.717, 1.165) is 10.2 Å². The van der Waals surface area contributed by atoms with Gasteiger partial charge in [0.05, 0.1) is 21.9 Å². The van der Waals surface area contributed by atoms with Gasteiger partial charge < -0.3 is 15.4 Å². The van der Waals surface area contributed by atoms with Crippen molar-refractivity contribution in [3.8, 4) is 0 Å². The molecule has 0 aliphatic carbocycles. The molecule has 0 spiro atoms. The minimum Gasteiger partial charge on any atom is -0.375 e. The highest BCUT2D eigenvalue weighted by Crippen LogP contribution is 2.27.